The normalized spacial score (nSPS) is 10.5. The molecule has 8 heteroatoms. The van der Waals surface area contributed by atoms with Gasteiger partial charge in [0.2, 0.25) is 11.8 Å². The summed E-state index contributed by atoms with van der Waals surface area (Å²) in [5, 5.41) is 12.8. The number of pyridine rings is 1. The van der Waals surface area contributed by atoms with Gasteiger partial charge in [0.15, 0.2) is 12.4 Å². The van der Waals surface area contributed by atoms with E-state index in [-0.39, 0.29) is 19.6 Å². The first kappa shape index (κ1) is 19.2. The van der Waals surface area contributed by atoms with Crippen LogP contribution in [0.2, 0.25) is 0 Å². The van der Waals surface area contributed by atoms with Gasteiger partial charge in [-0.2, -0.15) is 5.26 Å². The van der Waals surface area contributed by atoms with E-state index < -0.39 is 0 Å². The van der Waals surface area contributed by atoms with Gasteiger partial charge in [-0.05, 0) is 30.3 Å². The van der Waals surface area contributed by atoms with Crippen LogP contribution in [0.15, 0.2) is 63.7 Å². The molecular formula is C22H18N4O4. The third-order valence-electron chi connectivity index (χ3n) is 4.28. The molecule has 0 radical (unpaired) electrons. The highest BCUT2D eigenvalue weighted by molar-refractivity contribution is 5.53. The van der Waals surface area contributed by atoms with Gasteiger partial charge in [-0.1, -0.05) is 24.3 Å². The second-order valence-corrected chi connectivity index (χ2v) is 6.40. The molecule has 3 heterocycles. The molecule has 0 atom stereocenters. The molecular weight excluding hydrogens is 384 g/mol. The van der Waals surface area contributed by atoms with Crippen LogP contribution in [0.4, 0.5) is 0 Å². The Morgan fingerprint density at radius 3 is 2.77 bits per heavy atom. The van der Waals surface area contributed by atoms with Crippen LogP contribution in [0, 0.1) is 18.3 Å². The second-order valence-electron chi connectivity index (χ2n) is 6.40. The van der Waals surface area contributed by atoms with Crippen molar-refractivity contribution in [3.05, 3.63) is 77.5 Å². The largest absolute Gasteiger partial charge is 0.469 e. The quantitative estimate of drug-likeness (QED) is 0.430. The summed E-state index contributed by atoms with van der Waals surface area (Å²) in [6.45, 7) is 2.15. The smallest absolute Gasteiger partial charge is 0.254 e. The van der Waals surface area contributed by atoms with Crippen LogP contribution in [0.25, 0.3) is 11.5 Å². The van der Waals surface area contributed by atoms with E-state index in [1.807, 2.05) is 37.3 Å². The van der Waals surface area contributed by atoms with Crippen LogP contribution in [-0.4, -0.2) is 15.1 Å². The van der Waals surface area contributed by atoms with E-state index in [2.05, 4.69) is 21.2 Å². The van der Waals surface area contributed by atoms with E-state index in [4.69, 9.17) is 23.7 Å². The van der Waals surface area contributed by atoms with Crippen molar-refractivity contribution in [3.63, 3.8) is 0 Å². The molecule has 4 aromatic rings. The number of benzene rings is 1. The Morgan fingerprint density at radius 1 is 1.07 bits per heavy atom. The number of hydrogen-bond donors (Lipinski definition) is 0. The van der Waals surface area contributed by atoms with Crippen LogP contribution < -0.4 is 9.47 Å². The Kier molecular flexibility index (Phi) is 5.71. The molecule has 0 unspecified atom stereocenters. The zero-order valence-electron chi connectivity index (χ0n) is 16.2. The fourth-order valence-corrected chi connectivity index (χ4v) is 2.75. The molecule has 1 aromatic carbocycles. The monoisotopic (exact) mass is 402 g/mol. The van der Waals surface area contributed by atoms with Crippen LogP contribution >= 0.6 is 0 Å². The minimum atomic E-state index is 0.118. The van der Waals surface area contributed by atoms with Crippen molar-refractivity contribution in [2.75, 3.05) is 0 Å². The lowest BCUT2D eigenvalue weighted by molar-refractivity contribution is 0.228. The van der Waals surface area contributed by atoms with Gasteiger partial charge in [-0.25, -0.2) is 9.97 Å². The van der Waals surface area contributed by atoms with Crippen LogP contribution in [0.5, 0.6) is 11.8 Å². The minimum Gasteiger partial charge on any atom is -0.469 e. The number of nitriles is 1. The van der Waals surface area contributed by atoms with Crippen molar-refractivity contribution < 1.29 is 18.4 Å². The third-order valence-corrected chi connectivity index (χ3v) is 4.28. The molecule has 150 valence electrons. The van der Waals surface area contributed by atoms with Gasteiger partial charge in [-0.15, -0.1) is 0 Å². The summed E-state index contributed by atoms with van der Waals surface area (Å²) in [6.07, 6.45) is 1.82. The summed E-state index contributed by atoms with van der Waals surface area (Å²) in [6, 6.07) is 16.9. The molecule has 0 aliphatic heterocycles. The molecule has 0 amide bonds. The Bertz CT molecular complexity index is 1160. The molecule has 8 nitrogen and oxygen atoms in total. The van der Waals surface area contributed by atoms with Gasteiger partial charge in [0.05, 0.1) is 12.5 Å². The lowest BCUT2D eigenvalue weighted by Gasteiger charge is -2.05. The first-order valence-electron chi connectivity index (χ1n) is 9.26. The van der Waals surface area contributed by atoms with E-state index >= 15 is 0 Å². The fourth-order valence-electron chi connectivity index (χ4n) is 2.75. The molecule has 3 aromatic heterocycles. The molecule has 4 rings (SSSR count). The molecule has 0 aliphatic carbocycles. The molecule has 0 saturated carbocycles. The highest BCUT2D eigenvalue weighted by Crippen LogP contribution is 2.23. The fraction of sp³-hybridized carbons (Fsp3) is 0.182. The van der Waals surface area contributed by atoms with Crippen molar-refractivity contribution in [3.8, 4) is 29.3 Å². The summed E-state index contributed by atoms with van der Waals surface area (Å²) in [4.78, 5) is 8.64. The Morgan fingerprint density at radius 2 is 1.93 bits per heavy atom. The second kappa shape index (κ2) is 8.92. The molecule has 0 saturated heterocycles. The lowest BCUT2D eigenvalue weighted by Crippen LogP contribution is -1.99. The predicted octanol–water partition coefficient (Wildman–Crippen LogP) is 4.26. The predicted molar refractivity (Wildman–Crippen MR) is 105 cm³/mol. The Labute approximate surface area is 172 Å². The molecule has 0 spiro atoms. The number of nitrogens with zero attached hydrogens (tertiary/aromatic N) is 4. The summed E-state index contributed by atoms with van der Waals surface area (Å²) in [5.74, 6) is 2.41. The summed E-state index contributed by atoms with van der Waals surface area (Å²) in [7, 11) is 0. The maximum atomic E-state index is 8.88. The standard InChI is InChI=1S/C22H18N4O4/c1-15-19(25-22(29-15)16-6-3-2-4-7-16)14-27-20-12-18(30-26-20)13-28-21-17(9-10-23)8-5-11-24-21/h2-8,11-12H,9,13-14H2,1H3. The van der Waals surface area contributed by atoms with Crippen molar-refractivity contribution in [2.24, 2.45) is 0 Å². The maximum Gasteiger partial charge on any atom is 0.254 e. The van der Waals surface area contributed by atoms with E-state index in [1.165, 1.54) is 0 Å². The van der Waals surface area contributed by atoms with E-state index in [9.17, 15) is 0 Å². The first-order valence-corrected chi connectivity index (χ1v) is 9.26. The van der Waals surface area contributed by atoms with Crippen LogP contribution in [-0.2, 0) is 19.6 Å². The van der Waals surface area contributed by atoms with Crippen molar-refractivity contribution in [2.45, 2.75) is 26.6 Å². The average molecular weight is 402 g/mol. The lowest BCUT2D eigenvalue weighted by atomic mass is 10.2. The minimum absolute atomic E-state index is 0.118. The van der Waals surface area contributed by atoms with Gasteiger partial charge < -0.3 is 18.4 Å². The highest BCUT2D eigenvalue weighted by atomic mass is 16.6. The van der Waals surface area contributed by atoms with Crippen LogP contribution in [0.3, 0.4) is 0 Å². The summed E-state index contributed by atoms with van der Waals surface area (Å²) in [5.41, 5.74) is 2.30. The zero-order chi connectivity index (χ0) is 20.8. The highest BCUT2D eigenvalue weighted by Gasteiger charge is 2.14. The van der Waals surface area contributed by atoms with Crippen molar-refractivity contribution >= 4 is 0 Å². The summed E-state index contributed by atoms with van der Waals surface area (Å²) >= 11 is 0. The number of rotatable bonds is 8. The molecule has 0 bridgehead atoms. The average Bonchev–Trinajstić information content (AvgIpc) is 3.39. The molecule has 0 fully saturated rings. The molecule has 0 aliphatic rings. The van der Waals surface area contributed by atoms with Crippen molar-refractivity contribution in [1.82, 2.24) is 15.1 Å². The number of ether oxygens (including phenoxy) is 2. The third kappa shape index (κ3) is 4.47. The first-order chi connectivity index (χ1) is 14.7. The van der Waals surface area contributed by atoms with Gasteiger partial charge in [0.1, 0.15) is 18.1 Å². The van der Waals surface area contributed by atoms with E-state index in [0.29, 0.717) is 40.4 Å². The van der Waals surface area contributed by atoms with Gasteiger partial charge in [0.25, 0.3) is 5.88 Å². The summed E-state index contributed by atoms with van der Waals surface area (Å²) < 4.78 is 22.3. The van der Waals surface area contributed by atoms with E-state index in [1.54, 1.807) is 24.4 Å². The number of aryl methyl sites for hydroxylation is 1. The van der Waals surface area contributed by atoms with Gasteiger partial charge in [0, 0.05) is 23.4 Å². The topological polar surface area (TPSA) is 107 Å². The van der Waals surface area contributed by atoms with E-state index in [0.717, 1.165) is 5.56 Å². The maximum absolute atomic E-state index is 8.88. The van der Waals surface area contributed by atoms with Crippen LogP contribution in [0.1, 0.15) is 22.8 Å². The van der Waals surface area contributed by atoms with Gasteiger partial charge in [-0.3, -0.25) is 0 Å². The number of aromatic nitrogens is 3. The van der Waals surface area contributed by atoms with Gasteiger partial charge >= 0.3 is 0 Å². The Hall–Kier alpha value is -4.12. The SMILES string of the molecule is Cc1oc(-c2ccccc2)nc1COc1cc(COc2ncccc2CC#N)on1. The Balaban J connectivity index is 1.36. The number of hydrogen-bond acceptors (Lipinski definition) is 8. The molecule has 30 heavy (non-hydrogen) atoms. The zero-order valence-corrected chi connectivity index (χ0v) is 16.2. The number of oxazole rings is 1. The van der Waals surface area contributed by atoms with Crippen molar-refractivity contribution in [1.29, 1.82) is 5.26 Å². The molecule has 0 N–H and O–H groups in total.